The first-order chi connectivity index (χ1) is 10.3. The van der Waals surface area contributed by atoms with Crippen LogP contribution in [0.25, 0.3) is 0 Å². The number of benzene rings is 1. The van der Waals surface area contributed by atoms with Gasteiger partial charge in [-0.15, -0.1) is 0 Å². The van der Waals surface area contributed by atoms with Gasteiger partial charge in [0, 0.05) is 14.1 Å². The predicted molar refractivity (Wildman–Crippen MR) is 77.9 cm³/mol. The number of likely N-dealkylation sites (N-methyl/N-ethyl adjacent to an activating group) is 1. The van der Waals surface area contributed by atoms with Gasteiger partial charge in [0.25, 0.3) is 5.91 Å². The lowest BCUT2D eigenvalue weighted by Crippen LogP contribution is -2.35. The third kappa shape index (κ3) is 4.21. The summed E-state index contributed by atoms with van der Waals surface area (Å²) in [7, 11) is 5.66. The molecule has 1 rings (SSSR count). The Morgan fingerprint density at radius 1 is 0.955 bits per heavy atom. The summed E-state index contributed by atoms with van der Waals surface area (Å²) in [5.74, 6) is -1.29. The summed E-state index contributed by atoms with van der Waals surface area (Å²) in [5.41, 5.74) is 0.259. The second kappa shape index (κ2) is 7.44. The van der Waals surface area contributed by atoms with E-state index in [-0.39, 0.29) is 22.8 Å². The molecular formula is C15H19NO6. The van der Waals surface area contributed by atoms with Crippen LogP contribution in [0.4, 0.5) is 0 Å². The van der Waals surface area contributed by atoms with Crippen molar-refractivity contribution < 1.29 is 28.6 Å². The molecular weight excluding hydrogens is 290 g/mol. The van der Waals surface area contributed by atoms with E-state index in [4.69, 9.17) is 4.74 Å². The molecule has 1 atom stereocenters. The maximum absolute atomic E-state index is 11.8. The van der Waals surface area contributed by atoms with Gasteiger partial charge in [-0.3, -0.25) is 4.79 Å². The topological polar surface area (TPSA) is 82.1 Å². The molecule has 0 radical (unpaired) electrons. The lowest BCUT2D eigenvalue weighted by Gasteiger charge is -2.19. The molecule has 0 heterocycles. The Hall–Kier alpha value is -2.57. The van der Waals surface area contributed by atoms with Crippen molar-refractivity contribution in [2.75, 3.05) is 28.3 Å². The van der Waals surface area contributed by atoms with Gasteiger partial charge in [-0.2, -0.15) is 0 Å². The summed E-state index contributed by atoms with van der Waals surface area (Å²) in [6.07, 6.45) is -0.770. The fourth-order valence-electron chi connectivity index (χ4n) is 1.76. The average molecular weight is 309 g/mol. The van der Waals surface area contributed by atoms with Crippen molar-refractivity contribution in [1.29, 1.82) is 0 Å². The monoisotopic (exact) mass is 309 g/mol. The number of methoxy groups -OCH3 is 2. The number of nitrogens with zero attached hydrogens (tertiary/aromatic N) is 1. The Morgan fingerprint density at radius 2 is 1.41 bits per heavy atom. The molecule has 120 valence electrons. The third-order valence-electron chi connectivity index (χ3n) is 2.85. The number of hydrogen-bond donors (Lipinski definition) is 0. The number of hydrogen-bond acceptors (Lipinski definition) is 6. The number of esters is 2. The number of ether oxygens (including phenoxy) is 3. The van der Waals surface area contributed by atoms with Crippen LogP contribution >= 0.6 is 0 Å². The van der Waals surface area contributed by atoms with Crippen LogP contribution in [0, 0.1) is 0 Å². The van der Waals surface area contributed by atoms with Crippen molar-refractivity contribution in [2.45, 2.75) is 13.0 Å². The molecule has 1 aromatic rings. The summed E-state index contributed by atoms with van der Waals surface area (Å²) in [4.78, 5) is 36.5. The molecule has 22 heavy (non-hydrogen) atoms. The van der Waals surface area contributed by atoms with Crippen LogP contribution in [0.3, 0.4) is 0 Å². The van der Waals surface area contributed by atoms with Gasteiger partial charge in [-0.25, -0.2) is 9.59 Å². The largest absolute Gasteiger partial charge is 0.481 e. The van der Waals surface area contributed by atoms with Gasteiger partial charge in [-0.1, -0.05) is 0 Å². The van der Waals surface area contributed by atoms with Gasteiger partial charge in [-0.05, 0) is 25.1 Å². The molecule has 0 unspecified atom stereocenters. The summed E-state index contributed by atoms with van der Waals surface area (Å²) in [5, 5.41) is 0. The van der Waals surface area contributed by atoms with E-state index in [9.17, 15) is 14.4 Å². The van der Waals surface area contributed by atoms with E-state index in [1.54, 1.807) is 21.0 Å². The first-order valence-electron chi connectivity index (χ1n) is 6.49. The van der Waals surface area contributed by atoms with E-state index in [0.29, 0.717) is 0 Å². The van der Waals surface area contributed by atoms with Gasteiger partial charge in [0.05, 0.1) is 25.3 Å². The van der Waals surface area contributed by atoms with Gasteiger partial charge < -0.3 is 19.1 Å². The molecule has 1 aromatic carbocycles. The molecule has 0 spiro atoms. The number of carbonyl (C=O) groups is 3. The third-order valence-corrected chi connectivity index (χ3v) is 2.85. The second-order valence-corrected chi connectivity index (χ2v) is 4.72. The average Bonchev–Trinajstić information content (AvgIpc) is 2.51. The molecule has 0 aliphatic rings. The van der Waals surface area contributed by atoms with Crippen LogP contribution in [-0.4, -0.2) is 57.2 Å². The van der Waals surface area contributed by atoms with E-state index < -0.39 is 18.0 Å². The van der Waals surface area contributed by atoms with Crippen LogP contribution in [0.1, 0.15) is 27.6 Å². The highest BCUT2D eigenvalue weighted by Crippen LogP contribution is 2.20. The van der Waals surface area contributed by atoms with Gasteiger partial charge in [0.2, 0.25) is 0 Å². The van der Waals surface area contributed by atoms with Crippen LogP contribution in [0.2, 0.25) is 0 Å². The molecule has 0 saturated heterocycles. The molecule has 0 N–H and O–H groups in total. The Morgan fingerprint density at radius 3 is 1.77 bits per heavy atom. The van der Waals surface area contributed by atoms with Crippen molar-refractivity contribution in [3.8, 4) is 5.75 Å². The molecule has 0 bridgehead atoms. The molecule has 7 nitrogen and oxygen atoms in total. The fraction of sp³-hybridized carbons (Fsp3) is 0.400. The van der Waals surface area contributed by atoms with E-state index in [1.807, 2.05) is 0 Å². The maximum atomic E-state index is 11.8. The lowest BCUT2D eigenvalue weighted by molar-refractivity contribution is -0.135. The Balaban J connectivity index is 3.15. The SMILES string of the molecule is COC(=O)c1cc(O[C@@H](C)C(=O)N(C)C)cc(C(=O)OC)c1. The van der Waals surface area contributed by atoms with Crippen molar-refractivity contribution >= 4 is 17.8 Å². The zero-order chi connectivity index (χ0) is 16.9. The summed E-state index contributed by atoms with van der Waals surface area (Å²) < 4.78 is 14.8. The van der Waals surface area contributed by atoms with Crippen LogP contribution < -0.4 is 4.74 Å². The van der Waals surface area contributed by atoms with E-state index in [0.717, 1.165) is 0 Å². The fourth-order valence-corrected chi connectivity index (χ4v) is 1.76. The van der Waals surface area contributed by atoms with Crippen molar-refractivity contribution in [3.05, 3.63) is 29.3 Å². The minimum Gasteiger partial charge on any atom is -0.481 e. The van der Waals surface area contributed by atoms with Crippen molar-refractivity contribution in [1.82, 2.24) is 4.90 Å². The van der Waals surface area contributed by atoms with Crippen molar-refractivity contribution in [3.63, 3.8) is 0 Å². The molecule has 0 aliphatic carbocycles. The van der Waals surface area contributed by atoms with Crippen LogP contribution in [0.5, 0.6) is 5.75 Å². The smallest absolute Gasteiger partial charge is 0.338 e. The van der Waals surface area contributed by atoms with E-state index in [1.165, 1.54) is 37.3 Å². The highest BCUT2D eigenvalue weighted by Gasteiger charge is 2.19. The zero-order valence-electron chi connectivity index (χ0n) is 13.2. The Labute approximate surface area is 128 Å². The summed E-state index contributed by atoms with van der Waals surface area (Å²) in [6.45, 7) is 1.57. The van der Waals surface area contributed by atoms with Crippen molar-refractivity contribution in [2.24, 2.45) is 0 Å². The lowest BCUT2D eigenvalue weighted by atomic mass is 10.1. The molecule has 0 saturated carbocycles. The normalized spacial score (nSPS) is 11.3. The number of rotatable bonds is 5. The molecule has 7 heteroatoms. The summed E-state index contributed by atoms with van der Waals surface area (Å²) >= 11 is 0. The minimum absolute atomic E-state index is 0.130. The highest BCUT2D eigenvalue weighted by molar-refractivity contribution is 5.96. The van der Waals surface area contributed by atoms with E-state index >= 15 is 0 Å². The first-order valence-corrected chi connectivity index (χ1v) is 6.49. The molecule has 1 amide bonds. The van der Waals surface area contributed by atoms with E-state index in [2.05, 4.69) is 9.47 Å². The quantitative estimate of drug-likeness (QED) is 0.758. The van der Waals surface area contributed by atoms with Gasteiger partial charge in [0.15, 0.2) is 6.10 Å². The molecule has 0 aliphatic heterocycles. The first kappa shape index (κ1) is 17.5. The van der Waals surface area contributed by atoms with Crippen LogP contribution in [-0.2, 0) is 14.3 Å². The summed E-state index contributed by atoms with van der Waals surface area (Å²) in [6, 6.07) is 4.14. The molecule has 0 aromatic heterocycles. The zero-order valence-corrected chi connectivity index (χ0v) is 13.2. The van der Waals surface area contributed by atoms with Crippen LogP contribution in [0.15, 0.2) is 18.2 Å². The van der Waals surface area contributed by atoms with Gasteiger partial charge in [0.1, 0.15) is 5.75 Å². The Kier molecular flexibility index (Phi) is 5.91. The molecule has 0 fully saturated rings. The number of carbonyl (C=O) groups excluding carboxylic acids is 3. The standard InChI is InChI=1S/C15H19NO6/c1-9(13(17)16(2)3)22-12-7-10(14(18)20-4)6-11(8-12)15(19)21-5/h6-9H,1-5H3/t9-/m0/s1. The van der Waals surface area contributed by atoms with Gasteiger partial charge >= 0.3 is 11.9 Å². The predicted octanol–water partition coefficient (Wildman–Crippen LogP) is 1.12. The minimum atomic E-state index is -0.770. The second-order valence-electron chi connectivity index (χ2n) is 4.72. The maximum Gasteiger partial charge on any atom is 0.338 e. The highest BCUT2D eigenvalue weighted by atomic mass is 16.5. The number of amides is 1. The Bertz CT molecular complexity index is 547.